The molecule has 1 saturated heterocycles. The Balaban J connectivity index is 2.22. The van der Waals surface area contributed by atoms with E-state index in [9.17, 15) is 0 Å². The molecule has 0 radical (unpaired) electrons. The van der Waals surface area contributed by atoms with Crippen LogP contribution in [0.3, 0.4) is 0 Å². The van der Waals surface area contributed by atoms with Crippen LogP contribution in [0.15, 0.2) is 24.3 Å². The van der Waals surface area contributed by atoms with Gasteiger partial charge in [-0.1, -0.05) is 26.0 Å². The molecule has 1 aromatic carbocycles. The van der Waals surface area contributed by atoms with Gasteiger partial charge in [-0.2, -0.15) is 0 Å². The first-order valence-corrected chi connectivity index (χ1v) is 6.94. The Morgan fingerprint density at radius 1 is 1.22 bits per heavy atom. The fraction of sp³-hybridized carbons (Fsp3) is 0.625. The highest BCUT2D eigenvalue weighted by atomic mass is 16.5. The summed E-state index contributed by atoms with van der Waals surface area (Å²) >= 11 is 0. The first kappa shape index (κ1) is 13.4. The zero-order valence-corrected chi connectivity index (χ0v) is 11.7. The maximum Gasteiger partial charge on any atom is 0.119 e. The Morgan fingerprint density at radius 3 is 2.56 bits per heavy atom. The van der Waals surface area contributed by atoms with Gasteiger partial charge in [-0.3, -0.25) is 0 Å². The van der Waals surface area contributed by atoms with E-state index in [1.54, 1.807) is 7.11 Å². The minimum absolute atomic E-state index is 0.615. The monoisotopic (exact) mass is 248 g/mol. The van der Waals surface area contributed by atoms with Crippen LogP contribution in [0.1, 0.15) is 38.2 Å². The summed E-state index contributed by atoms with van der Waals surface area (Å²) in [6.07, 6.45) is 2.36. The molecular weight excluding hydrogens is 224 g/mol. The van der Waals surface area contributed by atoms with Crippen molar-refractivity contribution in [3.8, 4) is 5.75 Å². The van der Waals surface area contributed by atoms with Gasteiger partial charge in [0.15, 0.2) is 0 Å². The van der Waals surface area contributed by atoms with E-state index in [1.165, 1.54) is 18.4 Å². The van der Waals surface area contributed by atoms with Gasteiger partial charge in [0.05, 0.1) is 7.11 Å². The molecule has 0 N–H and O–H groups in total. The molecule has 1 aromatic rings. The summed E-state index contributed by atoms with van der Waals surface area (Å²) in [5.41, 5.74) is 1.41. The van der Waals surface area contributed by atoms with Gasteiger partial charge in [0.2, 0.25) is 0 Å². The second kappa shape index (κ2) is 6.24. The smallest absolute Gasteiger partial charge is 0.119 e. The van der Waals surface area contributed by atoms with Crippen molar-refractivity contribution < 1.29 is 9.47 Å². The van der Waals surface area contributed by atoms with E-state index < -0.39 is 0 Å². The van der Waals surface area contributed by atoms with Crippen LogP contribution in [0.5, 0.6) is 5.75 Å². The van der Waals surface area contributed by atoms with Crippen molar-refractivity contribution in [3.63, 3.8) is 0 Å². The molecule has 1 aliphatic heterocycles. The molecule has 0 bridgehead atoms. The summed E-state index contributed by atoms with van der Waals surface area (Å²) in [7, 11) is 1.73. The van der Waals surface area contributed by atoms with E-state index in [-0.39, 0.29) is 0 Å². The van der Waals surface area contributed by atoms with Crippen LogP contribution in [0.4, 0.5) is 0 Å². The molecule has 18 heavy (non-hydrogen) atoms. The number of methoxy groups -OCH3 is 1. The molecule has 0 saturated carbocycles. The van der Waals surface area contributed by atoms with Gasteiger partial charge in [-0.15, -0.1) is 0 Å². The summed E-state index contributed by atoms with van der Waals surface area (Å²) in [5, 5.41) is 0. The summed E-state index contributed by atoms with van der Waals surface area (Å²) in [4.78, 5) is 0. The third-order valence-electron chi connectivity index (χ3n) is 3.97. The molecule has 2 rings (SSSR count). The Labute approximate surface area is 110 Å². The maximum atomic E-state index is 5.49. The Kier molecular flexibility index (Phi) is 4.65. The van der Waals surface area contributed by atoms with Crippen molar-refractivity contribution in [2.75, 3.05) is 20.3 Å². The molecule has 1 aliphatic rings. The Bertz CT molecular complexity index is 367. The first-order chi connectivity index (χ1) is 8.72. The molecule has 1 fully saturated rings. The lowest BCUT2D eigenvalue weighted by molar-refractivity contribution is 0.0521. The SMILES string of the molecule is COc1cccc(C(C(C)C)C2CCOCC2)c1. The predicted molar refractivity (Wildman–Crippen MR) is 74.1 cm³/mol. The molecular formula is C16H24O2. The first-order valence-electron chi connectivity index (χ1n) is 6.94. The van der Waals surface area contributed by atoms with Crippen LogP contribution in [0.2, 0.25) is 0 Å². The maximum absolute atomic E-state index is 5.49. The van der Waals surface area contributed by atoms with Crippen molar-refractivity contribution in [1.29, 1.82) is 0 Å². The summed E-state index contributed by atoms with van der Waals surface area (Å²) in [6, 6.07) is 8.55. The van der Waals surface area contributed by atoms with Crippen molar-refractivity contribution in [3.05, 3.63) is 29.8 Å². The largest absolute Gasteiger partial charge is 0.497 e. The van der Waals surface area contributed by atoms with Crippen molar-refractivity contribution in [2.24, 2.45) is 11.8 Å². The molecule has 0 amide bonds. The fourth-order valence-electron chi connectivity index (χ4n) is 3.13. The van der Waals surface area contributed by atoms with E-state index in [0.29, 0.717) is 11.8 Å². The van der Waals surface area contributed by atoms with Crippen LogP contribution in [0.25, 0.3) is 0 Å². The number of rotatable bonds is 4. The quantitative estimate of drug-likeness (QED) is 0.805. The lowest BCUT2D eigenvalue weighted by Gasteiger charge is -2.33. The lowest BCUT2D eigenvalue weighted by atomic mass is 9.75. The van der Waals surface area contributed by atoms with Gasteiger partial charge in [0, 0.05) is 13.2 Å². The van der Waals surface area contributed by atoms with Gasteiger partial charge < -0.3 is 9.47 Å². The second-order valence-electron chi connectivity index (χ2n) is 5.50. The van der Waals surface area contributed by atoms with Crippen LogP contribution in [0, 0.1) is 11.8 Å². The third-order valence-corrected chi connectivity index (χ3v) is 3.97. The van der Waals surface area contributed by atoms with Gasteiger partial charge >= 0.3 is 0 Å². The highest BCUT2D eigenvalue weighted by Crippen LogP contribution is 2.38. The van der Waals surface area contributed by atoms with Gasteiger partial charge in [0.1, 0.15) is 5.75 Å². The normalized spacial score (nSPS) is 18.9. The Morgan fingerprint density at radius 2 is 1.94 bits per heavy atom. The van der Waals surface area contributed by atoms with Crippen molar-refractivity contribution in [2.45, 2.75) is 32.6 Å². The molecule has 0 aliphatic carbocycles. The summed E-state index contributed by atoms with van der Waals surface area (Å²) in [6.45, 7) is 6.47. The average molecular weight is 248 g/mol. The fourth-order valence-corrected chi connectivity index (χ4v) is 3.13. The summed E-state index contributed by atoms with van der Waals surface area (Å²) < 4.78 is 10.8. The number of benzene rings is 1. The summed E-state index contributed by atoms with van der Waals surface area (Å²) in [5.74, 6) is 2.97. The number of hydrogen-bond acceptors (Lipinski definition) is 2. The van der Waals surface area contributed by atoms with Gasteiger partial charge in [-0.05, 0) is 48.3 Å². The minimum atomic E-state index is 0.615. The number of ether oxygens (including phenoxy) is 2. The zero-order valence-electron chi connectivity index (χ0n) is 11.7. The third kappa shape index (κ3) is 3.05. The molecule has 2 heteroatoms. The van der Waals surface area contributed by atoms with E-state index >= 15 is 0 Å². The number of hydrogen-bond donors (Lipinski definition) is 0. The minimum Gasteiger partial charge on any atom is -0.497 e. The van der Waals surface area contributed by atoms with E-state index in [2.05, 4.69) is 32.0 Å². The van der Waals surface area contributed by atoms with Crippen LogP contribution in [-0.2, 0) is 4.74 Å². The van der Waals surface area contributed by atoms with E-state index in [0.717, 1.165) is 24.9 Å². The van der Waals surface area contributed by atoms with Crippen molar-refractivity contribution >= 4 is 0 Å². The zero-order chi connectivity index (χ0) is 13.0. The Hall–Kier alpha value is -1.02. The van der Waals surface area contributed by atoms with Gasteiger partial charge in [-0.25, -0.2) is 0 Å². The predicted octanol–water partition coefficient (Wildman–Crippen LogP) is 3.86. The van der Waals surface area contributed by atoms with Crippen LogP contribution < -0.4 is 4.74 Å². The van der Waals surface area contributed by atoms with E-state index in [1.807, 2.05) is 6.07 Å². The molecule has 1 heterocycles. The molecule has 1 unspecified atom stereocenters. The van der Waals surface area contributed by atoms with E-state index in [4.69, 9.17) is 9.47 Å². The van der Waals surface area contributed by atoms with Gasteiger partial charge in [0.25, 0.3) is 0 Å². The lowest BCUT2D eigenvalue weighted by Crippen LogP contribution is -2.25. The van der Waals surface area contributed by atoms with Crippen LogP contribution >= 0.6 is 0 Å². The van der Waals surface area contributed by atoms with Crippen LogP contribution in [-0.4, -0.2) is 20.3 Å². The van der Waals surface area contributed by atoms with Crippen molar-refractivity contribution in [1.82, 2.24) is 0 Å². The topological polar surface area (TPSA) is 18.5 Å². The standard InChI is InChI=1S/C16H24O2/c1-12(2)16(13-7-9-18-10-8-13)14-5-4-6-15(11-14)17-3/h4-6,11-13,16H,7-10H2,1-3H3. The molecule has 0 aromatic heterocycles. The molecule has 1 atom stereocenters. The molecule has 100 valence electrons. The highest BCUT2D eigenvalue weighted by molar-refractivity contribution is 5.31. The average Bonchev–Trinajstić information content (AvgIpc) is 2.40. The highest BCUT2D eigenvalue weighted by Gasteiger charge is 2.28. The molecule has 0 spiro atoms. The molecule has 2 nitrogen and oxygen atoms in total. The second-order valence-corrected chi connectivity index (χ2v) is 5.50.